The third kappa shape index (κ3) is 1.37. The molecule has 7 heteroatoms. The summed E-state index contributed by atoms with van der Waals surface area (Å²) in [5, 5.41) is 17.0. The zero-order valence-electron chi connectivity index (χ0n) is 8.17. The number of nitrogens with zero attached hydrogens (tertiary/aromatic N) is 3. The van der Waals surface area contributed by atoms with E-state index in [9.17, 15) is 9.90 Å². The van der Waals surface area contributed by atoms with Gasteiger partial charge < -0.3 is 14.5 Å². The van der Waals surface area contributed by atoms with Gasteiger partial charge in [-0.1, -0.05) is 0 Å². The molecular weight excluding hydrogens is 212 g/mol. The summed E-state index contributed by atoms with van der Waals surface area (Å²) in [7, 11) is 0. The van der Waals surface area contributed by atoms with Crippen LogP contribution in [-0.4, -0.2) is 25.3 Å². The molecule has 0 amide bonds. The molecule has 16 heavy (non-hydrogen) atoms. The lowest BCUT2D eigenvalue weighted by Gasteiger charge is -1.95. The van der Waals surface area contributed by atoms with Gasteiger partial charge in [0, 0.05) is 5.92 Å². The van der Waals surface area contributed by atoms with Crippen LogP contribution in [0, 0.1) is 0 Å². The van der Waals surface area contributed by atoms with Gasteiger partial charge >= 0.3 is 0 Å². The van der Waals surface area contributed by atoms with E-state index in [1.54, 1.807) is 0 Å². The molecule has 0 unspecified atom stereocenters. The summed E-state index contributed by atoms with van der Waals surface area (Å²) >= 11 is 0. The molecule has 0 aromatic carbocycles. The first kappa shape index (κ1) is 9.08. The minimum absolute atomic E-state index is 0.00810. The van der Waals surface area contributed by atoms with Crippen LogP contribution in [0.4, 0.5) is 0 Å². The highest BCUT2D eigenvalue weighted by molar-refractivity contribution is 5.57. The fourth-order valence-corrected chi connectivity index (χ4v) is 1.41. The maximum Gasteiger partial charge on any atom is 0.267 e. The average molecular weight is 220 g/mol. The Hall–Kier alpha value is -2.18. The van der Waals surface area contributed by atoms with Gasteiger partial charge in [-0.15, -0.1) is 10.2 Å². The van der Waals surface area contributed by atoms with Crippen LogP contribution in [0.3, 0.4) is 0 Å². The van der Waals surface area contributed by atoms with Crippen molar-refractivity contribution in [1.29, 1.82) is 0 Å². The number of aromatic amines is 1. The molecule has 2 aromatic rings. The van der Waals surface area contributed by atoms with E-state index in [0.29, 0.717) is 11.8 Å². The zero-order chi connectivity index (χ0) is 11.1. The molecule has 0 bridgehead atoms. The number of hydrogen-bond acceptors (Lipinski definition) is 6. The van der Waals surface area contributed by atoms with E-state index in [-0.39, 0.29) is 11.5 Å². The van der Waals surface area contributed by atoms with Crippen molar-refractivity contribution in [1.82, 2.24) is 20.2 Å². The van der Waals surface area contributed by atoms with Gasteiger partial charge in [-0.2, -0.15) is 0 Å². The van der Waals surface area contributed by atoms with Crippen molar-refractivity contribution in [3.05, 3.63) is 22.6 Å². The van der Waals surface area contributed by atoms with Gasteiger partial charge in [0.05, 0.1) is 6.33 Å². The van der Waals surface area contributed by atoms with Gasteiger partial charge in [0.15, 0.2) is 5.56 Å². The minimum Gasteiger partial charge on any atom is -0.493 e. The lowest BCUT2D eigenvalue weighted by molar-refractivity contribution is 0.446. The molecule has 1 fully saturated rings. The van der Waals surface area contributed by atoms with E-state index in [2.05, 4.69) is 20.2 Å². The molecule has 2 aromatic heterocycles. The lowest BCUT2D eigenvalue weighted by atomic mass is 10.3. The Morgan fingerprint density at radius 3 is 2.94 bits per heavy atom. The molecule has 0 radical (unpaired) electrons. The number of hydrogen-bond donors (Lipinski definition) is 2. The molecule has 2 N–H and O–H groups in total. The number of aromatic hydroxyl groups is 1. The highest BCUT2D eigenvalue weighted by atomic mass is 16.4. The fourth-order valence-electron chi connectivity index (χ4n) is 1.41. The van der Waals surface area contributed by atoms with Crippen LogP contribution in [0.15, 0.2) is 15.5 Å². The Balaban J connectivity index is 2.10. The molecule has 0 saturated heterocycles. The van der Waals surface area contributed by atoms with Crippen molar-refractivity contribution in [3.8, 4) is 17.3 Å². The highest BCUT2D eigenvalue weighted by Gasteiger charge is 2.30. The Morgan fingerprint density at radius 2 is 2.25 bits per heavy atom. The molecule has 2 heterocycles. The summed E-state index contributed by atoms with van der Waals surface area (Å²) in [6, 6.07) is 0. The molecular formula is C9H8N4O3. The summed E-state index contributed by atoms with van der Waals surface area (Å²) in [6.07, 6.45) is 3.16. The SMILES string of the molecule is O=c1[nH]cnc(O)c1-c1nnc(C2CC2)o1. The topological polar surface area (TPSA) is 105 Å². The molecule has 7 nitrogen and oxygen atoms in total. The van der Waals surface area contributed by atoms with Gasteiger partial charge in [-0.3, -0.25) is 4.79 Å². The largest absolute Gasteiger partial charge is 0.493 e. The number of nitrogens with one attached hydrogen (secondary N) is 1. The molecule has 0 aliphatic heterocycles. The first-order valence-corrected chi connectivity index (χ1v) is 4.86. The van der Waals surface area contributed by atoms with Gasteiger partial charge in [0.1, 0.15) is 0 Å². The van der Waals surface area contributed by atoms with Crippen LogP contribution in [0.25, 0.3) is 11.5 Å². The van der Waals surface area contributed by atoms with Crippen molar-refractivity contribution >= 4 is 0 Å². The third-order valence-electron chi connectivity index (χ3n) is 2.41. The van der Waals surface area contributed by atoms with E-state index < -0.39 is 11.4 Å². The van der Waals surface area contributed by atoms with E-state index in [1.807, 2.05) is 0 Å². The lowest BCUT2D eigenvalue weighted by Crippen LogP contribution is -2.09. The maximum absolute atomic E-state index is 11.5. The van der Waals surface area contributed by atoms with E-state index >= 15 is 0 Å². The summed E-state index contributed by atoms with van der Waals surface area (Å²) in [4.78, 5) is 17.3. The number of rotatable bonds is 2. The van der Waals surface area contributed by atoms with Gasteiger partial charge in [0.25, 0.3) is 11.4 Å². The van der Waals surface area contributed by atoms with E-state index in [1.165, 1.54) is 0 Å². The zero-order valence-corrected chi connectivity index (χ0v) is 8.17. The van der Waals surface area contributed by atoms with Crippen LogP contribution < -0.4 is 5.56 Å². The molecule has 1 aliphatic carbocycles. The predicted octanol–water partition coefficient (Wildman–Crippen LogP) is 0.403. The van der Waals surface area contributed by atoms with E-state index in [4.69, 9.17) is 4.42 Å². The second-order valence-corrected chi connectivity index (χ2v) is 3.65. The first-order chi connectivity index (χ1) is 7.75. The van der Waals surface area contributed by atoms with Gasteiger partial charge in [-0.25, -0.2) is 4.98 Å². The van der Waals surface area contributed by atoms with Gasteiger partial charge in [0.2, 0.25) is 11.8 Å². The first-order valence-electron chi connectivity index (χ1n) is 4.86. The van der Waals surface area contributed by atoms with Gasteiger partial charge in [-0.05, 0) is 12.8 Å². The van der Waals surface area contributed by atoms with Crippen molar-refractivity contribution in [2.45, 2.75) is 18.8 Å². The van der Waals surface area contributed by atoms with Crippen LogP contribution in [-0.2, 0) is 0 Å². The van der Waals surface area contributed by atoms with E-state index in [0.717, 1.165) is 19.2 Å². The summed E-state index contributed by atoms with van der Waals surface area (Å²) < 4.78 is 5.31. The molecule has 82 valence electrons. The number of aromatic nitrogens is 4. The Bertz CT molecular complexity index is 584. The Labute approximate surface area is 89.2 Å². The molecule has 1 saturated carbocycles. The van der Waals surface area contributed by atoms with Crippen LogP contribution in [0.5, 0.6) is 5.88 Å². The highest BCUT2D eigenvalue weighted by Crippen LogP contribution is 2.40. The smallest absolute Gasteiger partial charge is 0.267 e. The van der Waals surface area contributed by atoms with Crippen molar-refractivity contribution in [3.63, 3.8) is 0 Å². The molecule has 1 aliphatic rings. The summed E-state index contributed by atoms with van der Waals surface area (Å²) in [5.74, 6) is 0.417. The predicted molar refractivity (Wildman–Crippen MR) is 51.8 cm³/mol. The van der Waals surface area contributed by atoms with Crippen LogP contribution in [0.2, 0.25) is 0 Å². The summed E-state index contributed by atoms with van der Waals surface area (Å²) in [5.41, 5.74) is -0.583. The Kier molecular flexibility index (Phi) is 1.79. The molecule has 0 spiro atoms. The minimum atomic E-state index is -0.501. The second-order valence-electron chi connectivity index (χ2n) is 3.65. The monoisotopic (exact) mass is 220 g/mol. The van der Waals surface area contributed by atoms with Crippen molar-refractivity contribution in [2.75, 3.05) is 0 Å². The Morgan fingerprint density at radius 1 is 1.44 bits per heavy atom. The van der Waals surface area contributed by atoms with Crippen molar-refractivity contribution in [2.24, 2.45) is 0 Å². The van der Waals surface area contributed by atoms with Crippen molar-refractivity contribution < 1.29 is 9.52 Å². The normalized spacial score (nSPS) is 15.2. The van der Waals surface area contributed by atoms with Crippen LogP contribution in [0.1, 0.15) is 24.7 Å². The van der Waals surface area contributed by atoms with Crippen LogP contribution >= 0.6 is 0 Å². The fraction of sp³-hybridized carbons (Fsp3) is 0.333. The average Bonchev–Trinajstić information content (AvgIpc) is 2.99. The summed E-state index contributed by atoms with van der Waals surface area (Å²) in [6.45, 7) is 0. The maximum atomic E-state index is 11.5. The standard InChI is InChI=1S/C9H8N4O3/c14-6-5(7(15)11-3-10-6)9-13-12-8(16-9)4-1-2-4/h3-4H,1-2H2,(H2,10,11,14,15). The quantitative estimate of drug-likeness (QED) is 0.759. The number of H-pyrrole nitrogens is 1. The third-order valence-corrected chi connectivity index (χ3v) is 2.41. The molecule has 3 rings (SSSR count). The second kappa shape index (κ2) is 3.16. The molecule has 0 atom stereocenters.